The van der Waals surface area contributed by atoms with Crippen LogP contribution in [-0.2, 0) is 0 Å². The molecule has 0 aromatic heterocycles. The molecule has 0 saturated heterocycles. The van der Waals surface area contributed by atoms with Crippen molar-refractivity contribution >= 4 is 88.0 Å². The van der Waals surface area contributed by atoms with Crippen LogP contribution in [0.5, 0.6) is 0 Å². The highest BCUT2D eigenvalue weighted by atomic mass is 15.1. The van der Waals surface area contributed by atoms with Crippen LogP contribution in [0, 0.1) is 0 Å². The van der Waals surface area contributed by atoms with Crippen molar-refractivity contribution in [2.45, 2.75) is 0 Å². The summed E-state index contributed by atoms with van der Waals surface area (Å²) < 4.78 is 0. The van der Waals surface area contributed by atoms with Gasteiger partial charge in [-0.25, -0.2) is 0 Å². The minimum Gasteiger partial charge on any atom is -0.311 e. The van der Waals surface area contributed by atoms with Crippen LogP contribution in [0.4, 0.5) is 34.1 Å². The van der Waals surface area contributed by atoms with Gasteiger partial charge < -0.3 is 9.80 Å². The van der Waals surface area contributed by atoms with Crippen molar-refractivity contribution in [3.05, 3.63) is 352 Å². The van der Waals surface area contributed by atoms with Gasteiger partial charge in [0.15, 0.2) is 0 Å². The maximum Gasteiger partial charge on any atom is 0.0462 e. The molecule has 0 spiro atoms. The van der Waals surface area contributed by atoms with E-state index in [1.807, 2.05) is 0 Å². The Morgan fingerprint density at radius 2 is 0.318 bits per heavy atom. The standard InChI is InChI=1S/C86H58N2/c1-5-23-59(24-6-1)61-41-49-67(50-42-61)87(65-27-9-3-10-28-65)69-53-45-63(46-54-69)83-73-33-15-19-37-77(73)85(78-38-20-16-34-74(78)83)81-57-58-82(72-32-14-13-31-71(72)81)86-79-39-21-17-35-75(79)84(76-36-18-22-40-80(76)86)64-47-55-70(56-48-64)88(66-29-11-4-12-30-66)68-51-43-62(44-52-68)60-25-7-2-8-26-60/h1-58H. The van der Waals surface area contributed by atoms with Gasteiger partial charge in [-0.3, -0.25) is 0 Å². The van der Waals surface area contributed by atoms with Crippen LogP contribution in [0.15, 0.2) is 352 Å². The molecule has 16 aromatic rings. The summed E-state index contributed by atoms with van der Waals surface area (Å²) in [7, 11) is 0. The van der Waals surface area contributed by atoms with Gasteiger partial charge in [-0.1, -0.05) is 279 Å². The van der Waals surface area contributed by atoms with Gasteiger partial charge in [0, 0.05) is 34.1 Å². The van der Waals surface area contributed by atoms with Gasteiger partial charge in [0.2, 0.25) is 0 Å². The molecule has 0 radical (unpaired) electrons. The first-order valence-corrected chi connectivity index (χ1v) is 30.3. The zero-order valence-corrected chi connectivity index (χ0v) is 48.4. The van der Waals surface area contributed by atoms with Crippen LogP contribution in [-0.4, -0.2) is 0 Å². The lowest BCUT2D eigenvalue weighted by Crippen LogP contribution is -2.09. The average molecular weight is 1120 g/mol. The van der Waals surface area contributed by atoms with Crippen molar-refractivity contribution in [3.63, 3.8) is 0 Å². The van der Waals surface area contributed by atoms with E-state index in [9.17, 15) is 0 Å². The quantitative estimate of drug-likeness (QED) is 0.113. The molecule has 0 fully saturated rings. The summed E-state index contributed by atoms with van der Waals surface area (Å²) in [6.07, 6.45) is 0. The Labute approximate surface area is 513 Å². The van der Waals surface area contributed by atoms with Crippen molar-refractivity contribution in [3.8, 4) is 66.8 Å². The lowest BCUT2D eigenvalue weighted by molar-refractivity contribution is 1.28. The summed E-state index contributed by atoms with van der Waals surface area (Å²) in [5.74, 6) is 0. The molecule has 88 heavy (non-hydrogen) atoms. The molecule has 0 saturated carbocycles. The smallest absolute Gasteiger partial charge is 0.0462 e. The van der Waals surface area contributed by atoms with Gasteiger partial charge in [-0.15, -0.1) is 0 Å². The van der Waals surface area contributed by atoms with E-state index in [1.165, 1.54) is 121 Å². The summed E-state index contributed by atoms with van der Waals surface area (Å²) in [5, 5.41) is 12.2. The summed E-state index contributed by atoms with van der Waals surface area (Å²) in [6, 6.07) is 129. The monoisotopic (exact) mass is 1120 g/mol. The first kappa shape index (κ1) is 52.0. The van der Waals surface area contributed by atoms with E-state index in [-0.39, 0.29) is 0 Å². The van der Waals surface area contributed by atoms with E-state index in [1.54, 1.807) is 0 Å². The zero-order valence-electron chi connectivity index (χ0n) is 48.4. The second kappa shape index (κ2) is 22.4. The first-order chi connectivity index (χ1) is 43.7. The summed E-state index contributed by atoms with van der Waals surface area (Å²) in [4.78, 5) is 4.69. The molecular weight excluding hydrogens is 1060 g/mol. The molecule has 0 heterocycles. The average Bonchev–Trinajstić information content (AvgIpc) is 0.798. The molecular formula is C86H58N2. The van der Waals surface area contributed by atoms with Gasteiger partial charge in [0.25, 0.3) is 0 Å². The fourth-order valence-electron chi connectivity index (χ4n) is 13.7. The molecule has 0 aliphatic carbocycles. The molecule has 0 bridgehead atoms. The number of fused-ring (bicyclic) bond motifs is 5. The first-order valence-electron chi connectivity index (χ1n) is 30.3. The van der Waals surface area contributed by atoms with Gasteiger partial charge in [0.05, 0.1) is 0 Å². The molecule has 0 aliphatic heterocycles. The minimum atomic E-state index is 1.09. The van der Waals surface area contributed by atoms with Crippen molar-refractivity contribution in [2.75, 3.05) is 9.80 Å². The predicted molar refractivity (Wildman–Crippen MR) is 376 cm³/mol. The Morgan fingerprint density at radius 1 is 0.125 bits per heavy atom. The Kier molecular flexibility index (Phi) is 13.3. The van der Waals surface area contributed by atoms with Gasteiger partial charge in [-0.2, -0.15) is 0 Å². The van der Waals surface area contributed by atoms with E-state index in [0.717, 1.165) is 34.1 Å². The van der Waals surface area contributed by atoms with E-state index < -0.39 is 0 Å². The molecule has 412 valence electrons. The van der Waals surface area contributed by atoms with Crippen molar-refractivity contribution in [2.24, 2.45) is 0 Å². The molecule has 16 rings (SSSR count). The lowest BCUT2D eigenvalue weighted by Gasteiger charge is -2.26. The second-order valence-electron chi connectivity index (χ2n) is 22.7. The van der Waals surface area contributed by atoms with Crippen LogP contribution in [0.25, 0.3) is 121 Å². The highest BCUT2D eigenvalue weighted by molar-refractivity contribution is 6.27. The molecule has 0 unspecified atom stereocenters. The normalized spacial score (nSPS) is 11.4. The van der Waals surface area contributed by atoms with Crippen molar-refractivity contribution in [1.82, 2.24) is 0 Å². The summed E-state index contributed by atoms with van der Waals surface area (Å²) in [6.45, 7) is 0. The van der Waals surface area contributed by atoms with Crippen LogP contribution in [0.1, 0.15) is 0 Å². The molecule has 16 aromatic carbocycles. The fourth-order valence-corrected chi connectivity index (χ4v) is 13.7. The zero-order chi connectivity index (χ0) is 58.3. The Morgan fingerprint density at radius 3 is 0.591 bits per heavy atom. The number of anilines is 6. The van der Waals surface area contributed by atoms with Crippen molar-refractivity contribution < 1.29 is 0 Å². The number of para-hydroxylation sites is 2. The molecule has 0 amide bonds. The molecule has 2 heteroatoms. The van der Waals surface area contributed by atoms with Crippen LogP contribution in [0.3, 0.4) is 0 Å². The number of hydrogen-bond acceptors (Lipinski definition) is 2. The van der Waals surface area contributed by atoms with E-state index in [0.29, 0.717) is 0 Å². The predicted octanol–water partition coefficient (Wildman–Crippen LogP) is 24.4. The maximum absolute atomic E-state index is 2.40. The van der Waals surface area contributed by atoms with E-state index >= 15 is 0 Å². The second-order valence-corrected chi connectivity index (χ2v) is 22.7. The lowest BCUT2D eigenvalue weighted by atomic mass is 9.82. The topological polar surface area (TPSA) is 6.48 Å². The Balaban J connectivity index is 0.797. The van der Waals surface area contributed by atoms with Crippen molar-refractivity contribution in [1.29, 1.82) is 0 Å². The minimum absolute atomic E-state index is 1.09. The maximum atomic E-state index is 2.40. The molecule has 0 N–H and O–H groups in total. The van der Waals surface area contributed by atoms with E-state index in [4.69, 9.17) is 0 Å². The molecule has 0 atom stereocenters. The highest BCUT2D eigenvalue weighted by Crippen LogP contribution is 2.50. The third kappa shape index (κ3) is 9.24. The molecule has 0 aliphatic rings. The summed E-state index contributed by atoms with van der Waals surface area (Å²) >= 11 is 0. The third-order valence-corrected chi connectivity index (χ3v) is 17.6. The third-order valence-electron chi connectivity index (χ3n) is 17.6. The molecule has 2 nitrogen and oxygen atoms in total. The summed E-state index contributed by atoms with van der Waals surface area (Å²) in [5.41, 5.74) is 21.1. The number of hydrogen-bond donors (Lipinski definition) is 0. The number of rotatable bonds is 12. The fraction of sp³-hybridized carbons (Fsp3) is 0. The largest absolute Gasteiger partial charge is 0.311 e. The Hall–Kier alpha value is -11.6. The highest BCUT2D eigenvalue weighted by Gasteiger charge is 2.23. The van der Waals surface area contributed by atoms with Gasteiger partial charge in [-0.05, 0) is 193 Å². The van der Waals surface area contributed by atoms with Crippen LogP contribution in [0.2, 0.25) is 0 Å². The van der Waals surface area contributed by atoms with E-state index in [2.05, 4.69) is 362 Å². The number of benzene rings is 16. The Bertz CT molecular complexity index is 4750. The SMILES string of the molecule is c1ccc(-c2ccc(N(c3ccccc3)c3ccc(-c4c5ccccc5c(-c5ccc(-c6c7ccccc7c(-c7ccc(N(c8ccccc8)c8ccc(-c9ccccc9)cc8)cc7)c7ccccc67)c6ccccc56)c5ccccc45)cc3)cc2)cc1. The number of nitrogens with zero attached hydrogens (tertiary/aromatic N) is 2. The van der Waals surface area contributed by atoms with Crippen LogP contribution < -0.4 is 9.80 Å². The van der Waals surface area contributed by atoms with Gasteiger partial charge >= 0.3 is 0 Å². The van der Waals surface area contributed by atoms with Gasteiger partial charge in [0.1, 0.15) is 0 Å². The van der Waals surface area contributed by atoms with Crippen LogP contribution >= 0.6 is 0 Å².